The fourth-order valence-electron chi connectivity index (χ4n) is 2.54. The number of unbranched alkanes of at least 4 members (excludes halogenated alkanes) is 3. The van der Waals surface area contributed by atoms with E-state index in [9.17, 15) is 9.59 Å². The molecule has 0 aliphatic carbocycles. The summed E-state index contributed by atoms with van der Waals surface area (Å²) in [5.41, 5.74) is 0.499. The van der Waals surface area contributed by atoms with Gasteiger partial charge in [0.1, 0.15) is 0 Å². The summed E-state index contributed by atoms with van der Waals surface area (Å²) in [6.07, 6.45) is 5.58. The van der Waals surface area contributed by atoms with Crippen LogP contribution in [0.15, 0.2) is 18.2 Å². The van der Waals surface area contributed by atoms with Crippen LogP contribution in [0.3, 0.4) is 0 Å². The average Bonchev–Trinajstić information content (AvgIpc) is 2.73. The minimum atomic E-state index is -0.282. The summed E-state index contributed by atoms with van der Waals surface area (Å²) in [5, 5.41) is 5.94. The third kappa shape index (κ3) is 10.2. The molecule has 7 nitrogen and oxygen atoms in total. The van der Waals surface area contributed by atoms with Crippen molar-refractivity contribution in [2.45, 2.75) is 52.4 Å². The number of hydrogen-bond acceptors (Lipinski definition) is 6. The molecule has 0 saturated heterocycles. The monoisotopic (exact) mass is 408 g/mol. The van der Waals surface area contributed by atoms with E-state index in [-0.39, 0.29) is 18.4 Å². The second-order valence-corrected chi connectivity index (χ2v) is 6.75. The number of benzene rings is 1. The molecule has 0 saturated carbocycles. The minimum Gasteiger partial charge on any atom is -0.490 e. The Morgan fingerprint density at radius 3 is 2.31 bits per heavy atom. The molecule has 0 atom stereocenters. The van der Waals surface area contributed by atoms with Crippen molar-refractivity contribution in [3.05, 3.63) is 23.8 Å². The Kier molecular flexibility index (Phi) is 13.3. The first-order chi connectivity index (χ1) is 14.1. The average molecular weight is 409 g/mol. The maximum atomic E-state index is 12.7. The van der Waals surface area contributed by atoms with Crippen LogP contribution >= 0.6 is 0 Å². The molecule has 1 amide bonds. The molecule has 0 aliphatic heterocycles. The SMILES string of the molecule is CCCCOc1cccc(C(=O)NCCCCNCC(=O)OC)c1OCCCC. The Bertz CT molecular complexity index is 607. The molecule has 1 aromatic carbocycles. The van der Waals surface area contributed by atoms with Crippen LogP contribution in [-0.2, 0) is 9.53 Å². The van der Waals surface area contributed by atoms with Crippen LogP contribution in [0.4, 0.5) is 0 Å². The van der Waals surface area contributed by atoms with Gasteiger partial charge in [-0.3, -0.25) is 9.59 Å². The van der Waals surface area contributed by atoms with Crippen LogP contribution in [0.1, 0.15) is 62.7 Å². The highest BCUT2D eigenvalue weighted by molar-refractivity contribution is 5.97. The summed E-state index contributed by atoms with van der Waals surface area (Å²) in [7, 11) is 1.36. The van der Waals surface area contributed by atoms with Crippen molar-refractivity contribution in [2.75, 3.05) is 40.0 Å². The second kappa shape index (κ2) is 15.6. The smallest absolute Gasteiger partial charge is 0.319 e. The summed E-state index contributed by atoms with van der Waals surface area (Å²) >= 11 is 0. The van der Waals surface area contributed by atoms with Crippen LogP contribution in [0, 0.1) is 0 Å². The topological polar surface area (TPSA) is 85.9 Å². The molecule has 1 aromatic rings. The lowest BCUT2D eigenvalue weighted by atomic mass is 10.1. The third-order valence-electron chi connectivity index (χ3n) is 4.29. The summed E-state index contributed by atoms with van der Waals surface area (Å²) in [5.74, 6) is 0.693. The van der Waals surface area contributed by atoms with E-state index in [0.717, 1.165) is 38.5 Å². The molecule has 1 rings (SSSR count). The number of rotatable bonds is 16. The second-order valence-electron chi connectivity index (χ2n) is 6.75. The van der Waals surface area contributed by atoms with Crippen LogP contribution in [0.5, 0.6) is 11.5 Å². The molecule has 0 unspecified atom stereocenters. The molecular weight excluding hydrogens is 372 g/mol. The maximum Gasteiger partial charge on any atom is 0.319 e. The number of ether oxygens (including phenoxy) is 3. The molecular formula is C22H36N2O5. The Labute approximate surface area is 174 Å². The zero-order valence-electron chi connectivity index (χ0n) is 18.1. The van der Waals surface area contributed by atoms with Crippen LogP contribution in [0.2, 0.25) is 0 Å². The molecule has 164 valence electrons. The lowest BCUT2D eigenvalue weighted by Crippen LogP contribution is -2.27. The van der Waals surface area contributed by atoms with Crippen molar-refractivity contribution in [3.8, 4) is 11.5 Å². The number of carbonyl (C=O) groups is 2. The standard InChI is InChI=1S/C22H36N2O5/c1-4-6-15-28-19-12-10-11-18(21(19)29-16-7-5-2)22(26)24-14-9-8-13-23-17-20(25)27-3/h10-12,23H,4-9,13-17H2,1-3H3,(H,24,26). The Balaban J connectivity index is 2.56. The Morgan fingerprint density at radius 1 is 0.931 bits per heavy atom. The van der Waals surface area contributed by atoms with Gasteiger partial charge in [-0.1, -0.05) is 32.8 Å². The number of hydrogen-bond donors (Lipinski definition) is 2. The van der Waals surface area contributed by atoms with E-state index in [1.54, 1.807) is 6.07 Å². The van der Waals surface area contributed by atoms with Gasteiger partial charge in [0.2, 0.25) is 0 Å². The normalized spacial score (nSPS) is 10.4. The maximum absolute atomic E-state index is 12.7. The van der Waals surface area contributed by atoms with E-state index in [4.69, 9.17) is 9.47 Å². The number of methoxy groups -OCH3 is 1. The quantitative estimate of drug-likeness (QED) is 0.322. The fraction of sp³-hybridized carbons (Fsp3) is 0.636. The molecule has 0 aliphatic rings. The first-order valence-electron chi connectivity index (χ1n) is 10.6. The van der Waals surface area contributed by atoms with Gasteiger partial charge in [-0.15, -0.1) is 0 Å². The molecule has 0 aromatic heterocycles. The largest absolute Gasteiger partial charge is 0.490 e. The lowest BCUT2D eigenvalue weighted by molar-refractivity contribution is -0.139. The van der Waals surface area contributed by atoms with Gasteiger partial charge < -0.3 is 24.8 Å². The molecule has 7 heteroatoms. The summed E-state index contributed by atoms with van der Waals surface area (Å²) in [6.45, 7) is 6.80. The van der Waals surface area contributed by atoms with Gasteiger partial charge in [-0.2, -0.15) is 0 Å². The highest BCUT2D eigenvalue weighted by Crippen LogP contribution is 2.32. The number of amides is 1. The summed E-state index contributed by atoms with van der Waals surface area (Å²) < 4.78 is 16.3. The zero-order valence-corrected chi connectivity index (χ0v) is 18.1. The molecule has 0 fully saturated rings. The van der Waals surface area contributed by atoms with E-state index in [2.05, 4.69) is 29.2 Å². The van der Waals surface area contributed by atoms with Crippen molar-refractivity contribution in [3.63, 3.8) is 0 Å². The number of para-hydroxylation sites is 1. The first-order valence-corrected chi connectivity index (χ1v) is 10.6. The first kappa shape index (κ1) is 24.8. The van der Waals surface area contributed by atoms with E-state index in [0.29, 0.717) is 43.4 Å². The van der Waals surface area contributed by atoms with Gasteiger partial charge >= 0.3 is 5.97 Å². The Hall–Kier alpha value is -2.28. The fourth-order valence-corrected chi connectivity index (χ4v) is 2.54. The van der Waals surface area contributed by atoms with Crippen molar-refractivity contribution in [1.82, 2.24) is 10.6 Å². The van der Waals surface area contributed by atoms with Crippen molar-refractivity contribution in [1.29, 1.82) is 0 Å². The van der Waals surface area contributed by atoms with Gasteiger partial charge in [0.05, 0.1) is 32.4 Å². The van der Waals surface area contributed by atoms with Crippen LogP contribution < -0.4 is 20.1 Å². The predicted molar refractivity (Wildman–Crippen MR) is 114 cm³/mol. The van der Waals surface area contributed by atoms with Gasteiger partial charge in [0, 0.05) is 6.54 Å². The summed E-state index contributed by atoms with van der Waals surface area (Å²) in [6, 6.07) is 5.43. The van der Waals surface area contributed by atoms with E-state index < -0.39 is 0 Å². The highest BCUT2D eigenvalue weighted by Gasteiger charge is 2.17. The molecule has 0 bridgehead atoms. The lowest BCUT2D eigenvalue weighted by Gasteiger charge is -2.16. The number of carbonyl (C=O) groups excluding carboxylic acids is 2. The van der Waals surface area contributed by atoms with Gasteiger partial charge in [-0.25, -0.2) is 0 Å². The van der Waals surface area contributed by atoms with Gasteiger partial charge in [0.25, 0.3) is 5.91 Å². The molecule has 0 radical (unpaired) electrons. The summed E-state index contributed by atoms with van der Waals surface area (Å²) in [4.78, 5) is 23.7. The number of nitrogens with one attached hydrogen (secondary N) is 2. The van der Waals surface area contributed by atoms with E-state index in [1.165, 1.54) is 7.11 Å². The van der Waals surface area contributed by atoms with Crippen LogP contribution in [-0.4, -0.2) is 51.8 Å². The number of esters is 1. The Morgan fingerprint density at radius 2 is 1.62 bits per heavy atom. The van der Waals surface area contributed by atoms with Crippen LogP contribution in [0.25, 0.3) is 0 Å². The van der Waals surface area contributed by atoms with Gasteiger partial charge in [0.15, 0.2) is 11.5 Å². The molecule has 0 heterocycles. The van der Waals surface area contributed by atoms with Gasteiger partial charge in [-0.05, 0) is 44.4 Å². The minimum absolute atomic E-state index is 0.167. The molecule has 29 heavy (non-hydrogen) atoms. The molecule has 0 spiro atoms. The van der Waals surface area contributed by atoms with E-state index >= 15 is 0 Å². The van der Waals surface area contributed by atoms with Crippen molar-refractivity contribution >= 4 is 11.9 Å². The van der Waals surface area contributed by atoms with Crippen molar-refractivity contribution < 1.29 is 23.8 Å². The zero-order chi connectivity index (χ0) is 21.3. The highest BCUT2D eigenvalue weighted by atomic mass is 16.5. The third-order valence-corrected chi connectivity index (χ3v) is 4.29. The predicted octanol–water partition coefficient (Wildman–Crippen LogP) is 3.32. The molecule has 2 N–H and O–H groups in total. The van der Waals surface area contributed by atoms with E-state index in [1.807, 2.05) is 12.1 Å². The van der Waals surface area contributed by atoms with Crippen molar-refractivity contribution in [2.24, 2.45) is 0 Å².